The van der Waals surface area contributed by atoms with Crippen LogP contribution in [0.5, 0.6) is 0 Å². The van der Waals surface area contributed by atoms with Gasteiger partial charge in [-0.05, 0) is 11.0 Å². The highest BCUT2D eigenvalue weighted by atomic mass is 16.6. The molecule has 2 N–H and O–H groups in total. The minimum Gasteiger partial charge on any atom is -0.358 e. The lowest BCUT2D eigenvalue weighted by Gasteiger charge is -1.95. The first-order chi connectivity index (χ1) is 7.65. The van der Waals surface area contributed by atoms with Crippen LogP contribution in [0.25, 0.3) is 5.65 Å². The average Bonchev–Trinajstić information content (AvgIpc) is 2.67. The van der Waals surface area contributed by atoms with Gasteiger partial charge in [0.15, 0.2) is 0 Å². The number of nitro groups is 1. The molecule has 0 saturated heterocycles. The number of imidazole rings is 1. The van der Waals surface area contributed by atoms with Crippen LogP contribution in [0.2, 0.25) is 0 Å². The zero-order valence-electron chi connectivity index (χ0n) is 7.82. The number of aromatic nitrogens is 2. The molecule has 16 heavy (non-hydrogen) atoms. The predicted molar refractivity (Wildman–Crippen MR) is 51.1 cm³/mol. The quantitative estimate of drug-likeness (QED) is 0.433. The molecule has 0 aliphatic carbocycles. The molecule has 0 aromatic carbocycles. The molecule has 8 heteroatoms. The van der Waals surface area contributed by atoms with E-state index in [2.05, 4.69) is 4.98 Å². The van der Waals surface area contributed by atoms with Crippen molar-refractivity contribution in [3.05, 3.63) is 40.2 Å². The maximum absolute atomic E-state index is 11.2. The Labute approximate surface area is 88.2 Å². The Morgan fingerprint density at radius 2 is 2.31 bits per heavy atom. The third-order valence-electron chi connectivity index (χ3n) is 1.99. The number of nitrogens with one attached hydrogen (secondary N) is 1. The summed E-state index contributed by atoms with van der Waals surface area (Å²) >= 11 is 0. The van der Waals surface area contributed by atoms with Crippen molar-refractivity contribution in [2.45, 2.75) is 0 Å². The van der Waals surface area contributed by atoms with Gasteiger partial charge >= 0.3 is 11.7 Å². The number of carbonyl (C=O) groups excluding carboxylic acids is 1. The molecule has 0 fully saturated rings. The Morgan fingerprint density at radius 3 is 2.94 bits per heavy atom. The van der Waals surface area contributed by atoms with E-state index in [0.717, 1.165) is 4.40 Å². The van der Waals surface area contributed by atoms with Crippen molar-refractivity contribution in [3.8, 4) is 0 Å². The molecule has 0 aliphatic rings. The SMILES string of the molecule is O=C(NO)c1nc2ccccn2c1[N+](=O)[O-]. The maximum atomic E-state index is 11.2. The molecular formula is C8H6N4O4. The number of pyridine rings is 1. The van der Waals surface area contributed by atoms with E-state index in [1.165, 1.54) is 17.7 Å². The molecular weight excluding hydrogens is 216 g/mol. The maximum Gasteiger partial charge on any atom is 0.361 e. The highest BCUT2D eigenvalue weighted by Gasteiger charge is 2.27. The van der Waals surface area contributed by atoms with Crippen molar-refractivity contribution < 1.29 is 14.9 Å². The molecule has 0 saturated carbocycles. The molecule has 0 unspecified atom stereocenters. The Morgan fingerprint density at radius 1 is 1.56 bits per heavy atom. The fraction of sp³-hybridized carbons (Fsp3) is 0. The van der Waals surface area contributed by atoms with Crippen molar-refractivity contribution in [1.82, 2.24) is 14.9 Å². The van der Waals surface area contributed by atoms with Gasteiger partial charge in [-0.15, -0.1) is 0 Å². The first kappa shape index (κ1) is 10.1. The monoisotopic (exact) mass is 222 g/mol. The van der Waals surface area contributed by atoms with Crippen molar-refractivity contribution in [2.75, 3.05) is 0 Å². The predicted octanol–water partition coefficient (Wildman–Crippen LogP) is 0.362. The molecule has 0 atom stereocenters. The zero-order chi connectivity index (χ0) is 11.7. The highest BCUT2D eigenvalue weighted by molar-refractivity contribution is 5.95. The van der Waals surface area contributed by atoms with Gasteiger partial charge < -0.3 is 10.1 Å². The number of amides is 1. The first-order valence-corrected chi connectivity index (χ1v) is 4.21. The Hall–Kier alpha value is -2.48. The van der Waals surface area contributed by atoms with Crippen LogP contribution in [0.1, 0.15) is 10.5 Å². The van der Waals surface area contributed by atoms with Crippen molar-refractivity contribution in [2.24, 2.45) is 0 Å². The summed E-state index contributed by atoms with van der Waals surface area (Å²) < 4.78 is 1.16. The molecule has 1 amide bonds. The van der Waals surface area contributed by atoms with Crippen LogP contribution >= 0.6 is 0 Å². The van der Waals surface area contributed by atoms with Crippen molar-refractivity contribution >= 4 is 17.4 Å². The van der Waals surface area contributed by atoms with Crippen LogP contribution in [-0.4, -0.2) is 25.4 Å². The minimum atomic E-state index is -1.02. The molecule has 0 spiro atoms. The summed E-state index contributed by atoms with van der Waals surface area (Å²) in [5.74, 6) is -1.50. The smallest absolute Gasteiger partial charge is 0.358 e. The van der Waals surface area contributed by atoms with Gasteiger partial charge in [-0.2, -0.15) is 9.38 Å². The Bertz CT molecular complexity index is 576. The molecule has 2 heterocycles. The largest absolute Gasteiger partial charge is 0.361 e. The Kier molecular flexibility index (Phi) is 2.25. The second-order valence-corrected chi connectivity index (χ2v) is 2.91. The van der Waals surface area contributed by atoms with Gasteiger partial charge in [-0.3, -0.25) is 10.0 Å². The van der Waals surface area contributed by atoms with Crippen LogP contribution in [0.3, 0.4) is 0 Å². The summed E-state index contributed by atoms with van der Waals surface area (Å²) in [5.41, 5.74) is 1.14. The summed E-state index contributed by atoms with van der Waals surface area (Å²) in [6.07, 6.45) is 1.41. The summed E-state index contributed by atoms with van der Waals surface area (Å²) in [6.45, 7) is 0. The molecule has 0 bridgehead atoms. The number of fused-ring (bicyclic) bond motifs is 1. The van der Waals surface area contributed by atoms with Gasteiger partial charge in [0.2, 0.25) is 11.3 Å². The van der Waals surface area contributed by atoms with E-state index in [9.17, 15) is 14.9 Å². The van der Waals surface area contributed by atoms with Crippen LogP contribution < -0.4 is 5.48 Å². The number of hydroxylamine groups is 1. The van der Waals surface area contributed by atoms with E-state index in [1.54, 1.807) is 12.1 Å². The standard InChI is InChI=1S/C8H6N4O4/c13-7(10-14)6-8(12(15)16)11-4-2-1-3-5(11)9-6/h1-4,14H,(H,10,13). The lowest BCUT2D eigenvalue weighted by molar-refractivity contribution is -0.390. The third kappa shape index (κ3) is 1.37. The second-order valence-electron chi connectivity index (χ2n) is 2.91. The lowest BCUT2D eigenvalue weighted by atomic mass is 10.4. The normalized spacial score (nSPS) is 10.3. The Balaban J connectivity index is 2.78. The van der Waals surface area contributed by atoms with Crippen molar-refractivity contribution in [1.29, 1.82) is 0 Å². The summed E-state index contributed by atoms with van der Waals surface area (Å²) in [4.78, 5) is 25.0. The first-order valence-electron chi connectivity index (χ1n) is 4.21. The van der Waals surface area contributed by atoms with Gasteiger partial charge in [-0.1, -0.05) is 6.07 Å². The van der Waals surface area contributed by atoms with Crippen LogP contribution in [-0.2, 0) is 0 Å². The molecule has 8 nitrogen and oxygen atoms in total. The fourth-order valence-corrected chi connectivity index (χ4v) is 1.36. The van der Waals surface area contributed by atoms with Gasteiger partial charge in [-0.25, -0.2) is 5.48 Å². The van der Waals surface area contributed by atoms with Crippen molar-refractivity contribution in [3.63, 3.8) is 0 Å². The zero-order valence-corrected chi connectivity index (χ0v) is 7.82. The van der Waals surface area contributed by atoms with E-state index in [4.69, 9.17) is 5.21 Å². The summed E-state index contributed by atoms with van der Waals surface area (Å²) in [5, 5.41) is 19.2. The number of nitrogens with zero attached hydrogens (tertiary/aromatic N) is 3. The molecule has 2 rings (SSSR count). The van der Waals surface area contributed by atoms with Crippen LogP contribution in [0.15, 0.2) is 24.4 Å². The fourth-order valence-electron chi connectivity index (χ4n) is 1.36. The van der Waals surface area contributed by atoms with Gasteiger partial charge in [0.05, 0.1) is 6.20 Å². The van der Waals surface area contributed by atoms with E-state index in [-0.39, 0.29) is 5.65 Å². The molecule has 2 aromatic rings. The average molecular weight is 222 g/mol. The molecule has 0 radical (unpaired) electrons. The lowest BCUT2D eigenvalue weighted by Crippen LogP contribution is -2.20. The number of rotatable bonds is 2. The third-order valence-corrected chi connectivity index (χ3v) is 1.99. The van der Waals surface area contributed by atoms with E-state index < -0.39 is 22.3 Å². The molecule has 0 aliphatic heterocycles. The van der Waals surface area contributed by atoms with Gasteiger partial charge in [0.25, 0.3) is 0 Å². The van der Waals surface area contributed by atoms with Crippen LogP contribution in [0.4, 0.5) is 5.82 Å². The van der Waals surface area contributed by atoms with Crippen LogP contribution in [0, 0.1) is 10.1 Å². The van der Waals surface area contributed by atoms with Gasteiger partial charge in [0, 0.05) is 6.07 Å². The topological polar surface area (TPSA) is 110 Å². The number of carbonyl (C=O) groups is 1. The van der Waals surface area contributed by atoms with E-state index in [0.29, 0.717) is 0 Å². The van der Waals surface area contributed by atoms with Gasteiger partial charge in [0.1, 0.15) is 0 Å². The minimum absolute atomic E-state index is 0.257. The summed E-state index contributed by atoms with van der Waals surface area (Å²) in [6, 6.07) is 4.72. The second kappa shape index (κ2) is 3.59. The summed E-state index contributed by atoms with van der Waals surface area (Å²) in [7, 11) is 0. The highest BCUT2D eigenvalue weighted by Crippen LogP contribution is 2.19. The number of hydrogen-bond donors (Lipinski definition) is 2. The molecule has 82 valence electrons. The van der Waals surface area contributed by atoms with E-state index >= 15 is 0 Å². The van der Waals surface area contributed by atoms with E-state index in [1.807, 2.05) is 0 Å². The molecule has 2 aromatic heterocycles. The number of hydrogen-bond acceptors (Lipinski definition) is 5.